The maximum Gasteiger partial charge on any atom is 1.00 e. The van der Waals surface area contributed by atoms with Crippen LogP contribution in [0.5, 0.6) is 0 Å². The Morgan fingerprint density at radius 2 is 1.77 bits per heavy atom. The van der Waals surface area contributed by atoms with E-state index in [1.165, 1.54) is 19.3 Å². The van der Waals surface area contributed by atoms with Crippen LogP contribution in [0, 0.1) is 5.92 Å². The summed E-state index contributed by atoms with van der Waals surface area (Å²) in [5.41, 5.74) is 0. The Hall–Kier alpha value is 0.470. The van der Waals surface area contributed by atoms with Crippen molar-refractivity contribution in [2.24, 2.45) is 5.92 Å². The van der Waals surface area contributed by atoms with E-state index in [0.717, 1.165) is 19.3 Å². The van der Waals surface area contributed by atoms with Crippen molar-refractivity contribution in [2.45, 2.75) is 52.4 Å². The molecule has 0 fully saturated rings. The number of carboxylic acids is 1. The molecule has 0 saturated heterocycles. The minimum atomic E-state index is -0.912. The summed E-state index contributed by atoms with van der Waals surface area (Å²) in [6.45, 7) is 3.89. The van der Waals surface area contributed by atoms with Gasteiger partial charge in [0.1, 0.15) is 0 Å². The molecule has 0 N–H and O–H groups in total. The SMILES string of the molecule is CCCCCCCC(C)C(=O)[O-].[Na+]. The fourth-order valence-electron chi connectivity index (χ4n) is 1.17. The third-order valence-corrected chi connectivity index (χ3v) is 2.14. The first-order valence-corrected chi connectivity index (χ1v) is 4.89. The molecule has 0 aliphatic carbocycles. The number of unbranched alkanes of at least 4 members (excludes halogenated alkanes) is 4. The second kappa shape index (κ2) is 10.6. The van der Waals surface area contributed by atoms with Crippen LogP contribution < -0.4 is 34.7 Å². The van der Waals surface area contributed by atoms with E-state index < -0.39 is 5.97 Å². The molecule has 0 aliphatic heterocycles. The van der Waals surface area contributed by atoms with Gasteiger partial charge in [0.25, 0.3) is 0 Å². The molecule has 0 radical (unpaired) electrons. The summed E-state index contributed by atoms with van der Waals surface area (Å²) in [7, 11) is 0. The molecular weight excluding hydrogens is 175 g/mol. The van der Waals surface area contributed by atoms with Gasteiger partial charge in [-0.15, -0.1) is 0 Å². The molecular formula is C10H19NaO2. The van der Waals surface area contributed by atoms with Crippen molar-refractivity contribution in [3.63, 3.8) is 0 Å². The predicted octanol–water partition coefficient (Wildman–Crippen LogP) is -1.26. The number of carbonyl (C=O) groups is 1. The normalized spacial score (nSPS) is 11.8. The molecule has 0 bridgehead atoms. The fraction of sp³-hybridized carbons (Fsp3) is 0.900. The molecule has 1 unspecified atom stereocenters. The van der Waals surface area contributed by atoms with E-state index in [0.29, 0.717) is 0 Å². The van der Waals surface area contributed by atoms with Gasteiger partial charge in [-0.2, -0.15) is 0 Å². The van der Waals surface area contributed by atoms with Crippen molar-refractivity contribution in [3.05, 3.63) is 0 Å². The van der Waals surface area contributed by atoms with E-state index in [9.17, 15) is 9.90 Å². The maximum atomic E-state index is 10.3. The van der Waals surface area contributed by atoms with E-state index in [1.807, 2.05) is 0 Å². The Bertz CT molecular complexity index is 126. The van der Waals surface area contributed by atoms with E-state index in [2.05, 4.69) is 6.92 Å². The molecule has 72 valence electrons. The standard InChI is InChI=1S/C10H20O2.Na/c1-3-4-5-6-7-8-9(2)10(11)12;/h9H,3-8H2,1-2H3,(H,11,12);/q;+1/p-1. The van der Waals surface area contributed by atoms with Crippen molar-refractivity contribution in [3.8, 4) is 0 Å². The van der Waals surface area contributed by atoms with E-state index >= 15 is 0 Å². The largest absolute Gasteiger partial charge is 1.00 e. The van der Waals surface area contributed by atoms with Crippen LogP contribution in [-0.4, -0.2) is 5.97 Å². The minimum Gasteiger partial charge on any atom is -0.550 e. The Balaban J connectivity index is 0. The zero-order chi connectivity index (χ0) is 9.40. The summed E-state index contributed by atoms with van der Waals surface area (Å²) in [5, 5.41) is 10.3. The van der Waals surface area contributed by atoms with Gasteiger partial charge in [-0.1, -0.05) is 46.0 Å². The van der Waals surface area contributed by atoms with Gasteiger partial charge in [-0.05, 0) is 12.3 Å². The van der Waals surface area contributed by atoms with Gasteiger partial charge in [-0.3, -0.25) is 0 Å². The first kappa shape index (κ1) is 15.9. The van der Waals surface area contributed by atoms with Crippen molar-refractivity contribution in [1.82, 2.24) is 0 Å². The molecule has 0 amide bonds. The fourth-order valence-corrected chi connectivity index (χ4v) is 1.17. The Labute approximate surface area is 103 Å². The Morgan fingerprint density at radius 1 is 1.23 bits per heavy atom. The summed E-state index contributed by atoms with van der Waals surface area (Å²) >= 11 is 0. The summed E-state index contributed by atoms with van der Waals surface area (Å²) in [6, 6.07) is 0. The van der Waals surface area contributed by atoms with Crippen LogP contribution >= 0.6 is 0 Å². The van der Waals surface area contributed by atoms with Crippen LogP contribution in [-0.2, 0) is 4.79 Å². The molecule has 0 heterocycles. The number of hydrogen-bond donors (Lipinski definition) is 0. The summed E-state index contributed by atoms with van der Waals surface area (Å²) < 4.78 is 0. The van der Waals surface area contributed by atoms with Gasteiger partial charge in [0.15, 0.2) is 0 Å². The molecule has 0 saturated carbocycles. The first-order chi connectivity index (χ1) is 5.68. The average molecular weight is 194 g/mol. The van der Waals surface area contributed by atoms with Crippen LogP contribution in [0.1, 0.15) is 52.4 Å². The van der Waals surface area contributed by atoms with Gasteiger partial charge < -0.3 is 9.90 Å². The van der Waals surface area contributed by atoms with E-state index in [-0.39, 0.29) is 35.5 Å². The van der Waals surface area contributed by atoms with Crippen LogP contribution in [0.25, 0.3) is 0 Å². The van der Waals surface area contributed by atoms with Gasteiger partial charge in [0.2, 0.25) is 0 Å². The Kier molecular flexibility index (Phi) is 12.9. The smallest absolute Gasteiger partial charge is 0.550 e. The van der Waals surface area contributed by atoms with E-state index in [4.69, 9.17) is 0 Å². The second-order valence-corrected chi connectivity index (χ2v) is 3.42. The molecule has 13 heavy (non-hydrogen) atoms. The third kappa shape index (κ3) is 10.4. The van der Waals surface area contributed by atoms with Crippen LogP contribution in [0.15, 0.2) is 0 Å². The molecule has 0 aliphatic rings. The number of carboxylic acid groups (broad SMARTS) is 1. The zero-order valence-electron chi connectivity index (χ0n) is 9.14. The first-order valence-electron chi connectivity index (χ1n) is 4.89. The minimum absolute atomic E-state index is 0. The molecule has 0 aromatic rings. The van der Waals surface area contributed by atoms with Gasteiger partial charge in [0.05, 0.1) is 0 Å². The zero-order valence-corrected chi connectivity index (χ0v) is 11.1. The van der Waals surface area contributed by atoms with Crippen molar-refractivity contribution < 1.29 is 39.5 Å². The quantitative estimate of drug-likeness (QED) is 0.375. The Morgan fingerprint density at radius 3 is 2.23 bits per heavy atom. The predicted molar refractivity (Wildman–Crippen MR) is 47.5 cm³/mol. The van der Waals surface area contributed by atoms with Crippen molar-refractivity contribution in [1.29, 1.82) is 0 Å². The number of carbonyl (C=O) groups excluding carboxylic acids is 1. The second-order valence-electron chi connectivity index (χ2n) is 3.42. The molecule has 0 spiro atoms. The van der Waals surface area contributed by atoms with Crippen LogP contribution in [0.4, 0.5) is 0 Å². The molecule has 0 aromatic heterocycles. The third-order valence-electron chi connectivity index (χ3n) is 2.14. The van der Waals surface area contributed by atoms with Crippen molar-refractivity contribution >= 4 is 5.97 Å². The number of rotatable bonds is 7. The topological polar surface area (TPSA) is 40.1 Å². The number of aliphatic carboxylic acids is 1. The van der Waals surface area contributed by atoms with Crippen molar-refractivity contribution in [2.75, 3.05) is 0 Å². The molecule has 0 rings (SSSR count). The van der Waals surface area contributed by atoms with Gasteiger partial charge >= 0.3 is 29.6 Å². The maximum absolute atomic E-state index is 10.3. The molecule has 3 heteroatoms. The van der Waals surface area contributed by atoms with Gasteiger partial charge in [0, 0.05) is 5.97 Å². The summed E-state index contributed by atoms with van der Waals surface area (Å²) in [5.74, 6) is -1.18. The molecule has 1 atom stereocenters. The van der Waals surface area contributed by atoms with Crippen LogP contribution in [0.2, 0.25) is 0 Å². The monoisotopic (exact) mass is 194 g/mol. The summed E-state index contributed by atoms with van der Waals surface area (Å²) in [6.07, 6.45) is 6.68. The van der Waals surface area contributed by atoms with Crippen LogP contribution in [0.3, 0.4) is 0 Å². The summed E-state index contributed by atoms with van der Waals surface area (Å²) in [4.78, 5) is 10.3. The van der Waals surface area contributed by atoms with E-state index in [1.54, 1.807) is 6.92 Å². The molecule has 0 aromatic carbocycles. The average Bonchev–Trinajstić information content (AvgIpc) is 2.03. The number of hydrogen-bond acceptors (Lipinski definition) is 2. The van der Waals surface area contributed by atoms with Gasteiger partial charge in [-0.25, -0.2) is 0 Å². The molecule has 2 nitrogen and oxygen atoms in total.